The fraction of sp³-hybridized carbons (Fsp3) is 0.227. The summed E-state index contributed by atoms with van der Waals surface area (Å²) in [5.41, 5.74) is 0.602. The second kappa shape index (κ2) is 8.27. The summed E-state index contributed by atoms with van der Waals surface area (Å²) in [6.07, 6.45) is 6.65. The lowest BCUT2D eigenvalue weighted by Gasteiger charge is -2.07. The Balaban J connectivity index is 1.84. The lowest BCUT2D eigenvalue weighted by Crippen LogP contribution is -1.97. The Morgan fingerprint density at radius 3 is 2.67 bits per heavy atom. The number of fused-ring (bicyclic) bond motifs is 1. The van der Waals surface area contributed by atoms with Crippen molar-refractivity contribution in [3.63, 3.8) is 0 Å². The highest BCUT2D eigenvalue weighted by molar-refractivity contribution is 5.86. The Morgan fingerprint density at radius 1 is 1.07 bits per heavy atom. The van der Waals surface area contributed by atoms with Crippen LogP contribution in [0.1, 0.15) is 31.7 Å². The zero-order valence-corrected chi connectivity index (χ0v) is 15.0. The largest absolute Gasteiger partial charge is 0.508 e. The Kier molecular flexibility index (Phi) is 5.81. The van der Waals surface area contributed by atoms with Crippen LogP contribution in [-0.2, 0) is 0 Å². The first kappa shape index (κ1) is 19.0. The number of aliphatic hydroxyl groups excluding tert-OH is 1. The van der Waals surface area contributed by atoms with E-state index < -0.39 is 11.6 Å². The quantitative estimate of drug-likeness (QED) is 0.568. The number of hydrogen-bond donors (Lipinski definition) is 2. The molecule has 3 aromatic rings. The lowest BCUT2D eigenvalue weighted by atomic mass is 10.0. The molecule has 1 heterocycles. The number of allylic oxidation sites excluding steroid dienone is 1. The Morgan fingerprint density at radius 2 is 1.89 bits per heavy atom. The predicted octanol–water partition coefficient (Wildman–Crippen LogP) is 5.45. The lowest BCUT2D eigenvalue weighted by molar-refractivity contribution is 0.182. The molecule has 1 atom stereocenters. The summed E-state index contributed by atoms with van der Waals surface area (Å²) in [6, 6.07) is 9.51. The van der Waals surface area contributed by atoms with E-state index in [1.165, 1.54) is 24.4 Å². The smallest absolute Gasteiger partial charge is 0.168 e. The molecule has 3 rings (SSSR count). The molecule has 0 radical (unpaired) electrons. The number of hydrogen-bond acceptors (Lipinski definition) is 3. The summed E-state index contributed by atoms with van der Waals surface area (Å²) in [7, 11) is 0. The minimum absolute atomic E-state index is 0.0914. The monoisotopic (exact) mass is 369 g/mol. The Bertz CT molecular complexity index is 983. The molecule has 0 bridgehead atoms. The molecule has 0 aliphatic heterocycles. The molecule has 0 spiro atoms. The van der Waals surface area contributed by atoms with Crippen LogP contribution in [0, 0.1) is 11.6 Å². The SMILES string of the molecule is CC(O)CCC/C=C/c1ccc(-c2cc3ccc(O)cc3cn2)c(F)c1F. The summed E-state index contributed by atoms with van der Waals surface area (Å²) in [6.45, 7) is 1.72. The number of unbranched alkanes of at least 4 members (excludes halogenated alkanes) is 1. The van der Waals surface area contributed by atoms with Gasteiger partial charge in [0, 0.05) is 22.7 Å². The second-order valence-electron chi connectivity index (χ2n) is 6.61. The van der Waals surface area contributed by atoms with Crippen molar-refractivity contribution in [2.45, 2.75) is 32.3 Å². The van der Waals surface area contributed by atoms with Crippen LogP contribution >= 0.6 is 0 Å². The van der Waals surface area contributed by atoms with Gasteiger partial charge < -0.3 is 10.2 Å². The number of aromatic hydroxyl groups is 1. The first-order valence-electron chi connectivity index (χ1n) is 8.87. The van der Waals surface area contributed by atoms with Crippen LogP contribution in [0.5, 0.6) is 5.75 Å². The van der Waals surface area contributed by atoms with E-state index in [0.29, 0.717) is 18.5 Å². The van der Waals surface area contributed by atoms with Crippen LogP contribution in [-0.4, -0.2) is 21.3 Å². The molecule has 0 amide bonds. The van der Waals surface area contributed by atoms with Gasteiger partial charge in [-0.1, -0.05) is 24.3 Å². The van der Waals surface area contributed by atoms with E-state index in [9.17, 15) is 19.0 Å². The average Bonchev–Trinajstić information content (AvgIpc) is 2.64. The van der Waals surface area contributed by atoms with E-state index >= 15 is 0 Å². The van der Waals surface area contributed by atoms with Gasteiger partial charge in [-0.25, -0.2) is 8.78 Å². The van der Waals surface area contributed by atoms with E-state index in [2.05, 4.69) is 4.98 Å². The van der Waals surface area contributed by atoms with Crippen LogP contribution in [0.3, 0.4) is 0 Å². The Hall–Kier alpha value is -2.79. The number of benzene rings is 2. The molecule has 0 saturated heterocycles. The molecule has 0 fully saturated rings. The number of aliphatic hydroxyl groups is 1. The minimum Gasteiger partial charge on any atom is -0.508 e. The Labute approximate surface area is 156 Å². The first-order chi connectivity index (χ1) is 13.0. The van der Waals surface area contributed by atoms with E-state index in [1.54, 1.807) is 37.3 Å². The van der Waals surface area contributed by atoms with E-state index in [0.717, 1.165) is 17.2 Å². The zero-order chi connectivity index (χ0) is 19.4. The number of pyridine rings is 1. The molecule has 5 heteroatoms. The summed E-state index contributed by atoms with van der Waals surface area (Å²) >= 11 is 0. The number of phenols is 1. The van der Waals surface area contributed by atoms with Gasteiger partial charge in [0.05, 0.1) is 11.8 Å². The van der Waals surface area contributed by atoms with Gasteiger partial charge in [0.1, 0.15) is 5.75 Å². The van der Waals surface area contributed by atoms with Gasteiger partial charge in [-0.2, -0.15) is 0 Å². The van der Waals surface area contributed by atoms with Crippen molar-refractivity contribution in [3.05, 3.63) is 65.9 Å². The molecule has 0 aliphatic rings. The third-order valence-electron chi connectivity index (χ3n) is 4.38. The van der Waals surface area contributed by atoms with Crippen molar-refractivity contribution in [3.8, 4) is 17.0 Å². The summed E-state index contributed by atoms with van der Waals surface area (Å²) in [4.78, 5) is 4.19. The van der Waals surface area contributed by atoms with Gasteiger partial charge in [0.2, 0.25) is 0 Å². The van der Waals surface area contributed by atoms with Crippen molar-refractivity contribution in [1.29, 1.82) is 0 Å². The molecule has 3 nitrogen and oxygen atoms in total. The standard InChI is InChI=1S/C22H21F2NO2/c1-14(26)5-3-2-4-6-15-8-10-19(22(24)21(15)23)20-12-16-7-9-18(27)11-17(16)13-25-20/h4,6-14,26-27H,2-3,5H2,1H3/b6-4+. The van der Waals surface area contributed by atoms with E-state index in [1.807, 2.05) is 0 Å². The minimum atomic E-state index is -0.938. The predicted molar refractivity (Wildman–Crippen MR) is 103 cm³/mol. The zero-order valence-electron chi connectivity index (χ0n) is 15.0. The van der Waals surface area contributed by atoms with Gasteiger partial charge >= 0.3 is 0 Å². The van der Waals surface area contributed by atoms with Crippen molar-refractivity contribution >= 4 is 16.8 Å². The molecule has 1 unspecified atom stereocenters. The van der Waals surface area contributed by atoms with Gasteiger partial charge in [0.25, 0.3) is 0 Å². The molecule has 1 aromatic heterocycles. The summed E-state index contributed by atoms with van der Waals surface area (Å²) in [5, 5.41) is 20.2. The maximum atomic E-state index is 14.6. The van der Waals surface area contributed by atoms with Gasteiger partial charge in [-0.15, -0.1) is 0 Å². The van der Waals surface area contributed by atoms with Crippen molar-refractivity contribution in [2.75, 3.05) is 0 Å². The average molecular weight is 369 g/mol. The number of nitrogens with zero attached hydrogens (tertiary/aromatic N) is 1. The highest BCUT2D eigenvalue weighted by Crippen LogP contribution is 2.29. The number of aromatic nitrogens is 1. The van der Waals surface area contributed by atoms with Crippen molar-refractivity contribution in [1.82, 2.24) is 4.98 Å². The molecular weight excluding hydrogens is 348 g/mol. The fourth-order valence-electron chi connectivity index (χ4n) is 2.91. The fourth-order valence-corrected chi connectivity index (χ4v) is 2.91. The molecule has 27 heavy (non-hydrogen) atoms. The maximum absolute atomic E-state index is 14.6. The second-order valence-corrected chi connectivity index (χ2v) is 6.61. The highest BCUT2D eigenvalue weighted by Gasteiger charge is 2.14. The summed E-state index contributed by atoms with van der Waals surface area (Å²) in [5.74, 6) is -1.72. The number of phenolic OH excluding ortho intramolecular Hbond substituents is 1. The van der Waals surface area contributed by atoms with Crippen molar-refractivity contribution < 1.29 is 19.0 Å². The van der Waals surface area contributed by atoms with Gasteiger partial charge in [-0.05, 0) is 55.8 Å². The third-order valence-corrected chi connectivity index (χ3v) is 4.38. The van der Waals surface area contributed by atoms with Gasteiger partial charge in [-0.3, -0.25) is 4.98 Å². The van der Waals surface area contributed by atoms with Crippen LogP contribution in [0.2, 0.25) is 0 Å². The molecule has 0 saturated carbocycles. The van der Waals surface area contributed by atoms with Crippen LogP contribution in [0.25, 0.3) is 28.1 Å². The molecule has 2 aromatic carbocycles. The maximum Gasteiger partial charge on any atom is 0.168 e. The van der Waals surface area contributed by atoms with Crippen LogP contribution in [0.15, 0.2) is 48.7 Å². The van der Waals surface area contributed by atoms with Crippen LogP contribution in [0.4, 0.5) is 8.78 Å². The normalized spacial score (nSPS) is 12.7. The van der Waals surface area contributed by atoms with E-state index in [-0.39, 0.29) is 23.0 Å². The van der Waals surface area contributed by atoms with Crippen molar-refractivity contribution in [2.24, 2.45) is 0 Å². The molecular formula is C22H21F2NO2. The van der Waals surface area contributed by atoms with E-state index in [4.69, 9.17) is 0 Å². The molecule has 140 valence electrons. The highest BCUT2D eigenvalue weighted by atomic mass is 19.2. The number of halogens is 2. The van der Waals surface area contributed by atoms with Crippen LogP contribution < -0.4 is 0 Å². The third kappa shape index (κ3) is 4.49. The molecule has 0 aliphatic carbocycles. The summed E-state index contributed by atoms with van der Waals surface area (Å²) < 4.78 is 29.0. The molecule has 2 N–H and O–H groups in total. The van der Waals surface area contributed by atoms with Gasteiger partial charge in [0.15, 0.2) is 11.6 Å². The number of rotatable bonds is 6. The first-order valence-corrected chi connectivity index (χ1v) is 8.87. The topological polar surface area (TPSA) is 53.4 Å².